The van der Waals surface area contributed by atoms with E-state index in [1.54, 1.807) is 18.3 Å². The van der Waals surface area contributed by atoms with E-state index in [2.05, 4.69) is 34.2 Å². The third-order valence-electron chi connectivity index (χ3n) is 8.89. The number of benzene rings is 1. The molecule has 8 heteroatoms. The van der Waals surface area contributed by atoms with E-state index in [-0.39, 0.29) is 39.8 Å². The van der Waals surface area contributed by atoms with Gasteiger partial charge in [-0.1, -0.05) is 19.9 Å². The molecule has 1 saturated carbocycles. The maximum atomic E-state index is 14.5. The molecule has 3 atom stereocenters. The van der Waals surface area contributed by atoms with Crippen molar-refractivity contribution in [3.63, 3.8) is 0 Å². The second-order valence-electron chi connectivity index (χ2n) is 10.6. The highest BCUT2D eigenvalue weighted by molar-refractivity contribution is 5.92. The molecule has 3 heterocycles. The minimum atomic E-state index is -0.637. The summed E-state index contributed by atoms with van der Waals surface area (Å²) < 4.78 is 29.0. The molecule has 1 saturated heterocycles. The largest absolute Gasteiger partial charge is 0.337 e. The van der Waals surface area contributed by atoms with E-state index in [0.29, 0.717) is 18.8 Å². The number of aromatic nitrogens is 4. The molecule has 1 amide bonds. The summed E-state index contributed by atoms with van der Waals surface area (Å²) in [5.74, 6) is -0.930. The van der Waals surface area contributed by atoms with Gasteiger partial charge in [-0.25, -0.2) is 8.78 Å². The van der Waals surface area contributed by atoms with Crippen molar-refractivity contribution in [2.45, 2.75) is 50.9 Å². The number of piperidine rings is 1. The van der Waals surface area contributed by atoms with Gasteiger partial charge in [-0.3, -0.25) is 4.79 Å². The first-order valence-electron chi connectivity index (χ1n) is 12.2. The first-order chi connectivity index (χ1) is 16.8. The van der Waals surface area contributed by atoms with Crippen molar-refractivity contribution in [3.05, 3.63) is 71.2 Å². The third kappa shape index (κ3) is 3.08. The summed E-state index contributed by atoms with van der Waals surface area (Å²) in [5.41, 5.74) is 2.10. The van der Waals surface area contributed by atoms with Gasteiger partial charge < -0.3 is 4.90 Å². The Kier molecular flexibility index (Phi) is 4.99. The van der Waals surface area contributed by atoms with Crippen molar-refractivity contribution in [1.29, 1.82) is 0 Å². The Morgan fingerprint density at radius 2 is 1.86 bits per heavy atom. The Balaban J connectivity index is 1.39. The van der Waals surface area contributed by atoms with Crippen LogP contribution in [0.4, 0.5) is 8.78 Å². The normalized spacial score (nSPS) is 26.6. The predicted molar refractivity (Wildman–Crippen MR) is 125 cm³/mol. The van der Waals surface area contributed by atoms with Gasteiger partial charge >= 0.3 is 0 Å². The van der Waals surface area contributed by atoms with Crippen LogP contribution in [0.1, 0.15) is 67.2 Å². The molecule has 1 aliphatic heterocycles. The number of nitrogens with zero attached hydrogens (tertiary/aromatic N) is 5. The molecule has 6 rings (SSSR count). The Morgan fingerprint density at radius 1 is 1.06 bits per heavy atom. The van der Waals surface area contributed by atoms with Crippen LogP contribution < -0.4 is 0 Å². The predicted octanol–water partition coefficient (Wildman–Crippen LogP) is 4.92. The maximum Gasteiger partial charge on any atom is 0.274 e. The van der Waals surface area contributed by atoms with Gasteiger partial charge in [-0.15, -0.1) is 5.10 Å². The summed E-state index contributed by atoms with van der Waals surface area (Å²) in [6, 6.07) is 9.12. The topological polar surface area (TPSA) is 71.9 Å². The van der Waals surface area contributed by atoms with Crippen molar-refractivity contribution in [2.75, 3.05) is 13.1 Å². The van der Waals surface area contributed by atoms with Crippen molar-refractivity contribution in [1.82, 2.24) is 25.3 Å². The SMILES string of the molecule is CC1(C)[C@H]2CC[C@]1([C@H]1CCCN(C(=O)c3cccnn3)C1)c1nnc(-c3c(F)cccc3F)cc12. The molecule has 3 aromatic rings. The molecule has 6 nitrogen and oxygen atoms in total. The van der Waals surface area contributed by atoms with Crippen molar-refractivity contribution >= 4 is 5.91 Å². The van der Waals surface area contributed by atoms with Crippen molar-refractivity contribution in [3.8, 4) is 11.3 Å². The Morgan fingerprint density at radius 3 is 2.60 bits per heavy atom. The fourth-order valence-corrected chi connectivity index (χ4v) is 7.28. The number of fused-ring (bicyclic) bond motifs is 5. The van der Waals surface area contributed by atoms with Crippen molar-refractivity contribution < 1.29 is 13.6 Å². The molecular formula is C27H27F2N5O. The number of amides is 1. The zero-order chi connectivity index (χ0) is 24.4. The molecule has 180 valence electrons. The summed E-state index contributed by atoms with van der Waals surface area (Å²) in [4.78, 5) is 15.1. The van der Waals surface area contributed by atoms with Crippen LogP contribution in [0.5, 0.6) is 0 Å². The highest BCUT2D eigenvalue weighted by Gasteiger charge is 2.66. The van der Waals surface area contributed by atoms with Crippen LogP contribution in [0.3, 0.4) is 0 Å². The van der Waals surface area contributed by atoms with E-state index in [0.717, 1.165) is 36.9 Å². The zero-order valence-corrected chi connectivity index (χ0v) is 19.8. The van der Waals surface area contributed by atoms with Crippen LogP contribution in [0.15, 0.2) is 42.6 Å². The number of hydrogen-bond donors (Lipinski definition) is 0. The van der Waals surface area contributed by atoms with E-state index >= 15 is 0 Å². The summed E-state index contributed by atoms with van der Waals surface area (Å²) in [5, 5.41) is 16.9. The second-order valence-corrected chi connectivity index (χ2v) is 10.6. The first kappa shape index (κ1) is 22.2. The van der Waals surface area contributed by atoms with E-state index in [1.165, 1.54) is 18.2 Å². The van der Waals surface area contributed by atoms with E-state index in [1.807, 2.05) is 11.0 Å². The lowest BCUT2D eigenvalue weighted by Crippen LogP contribution is -2.51. The molecule has 2 fully saturated rings. The number of likely N-dealkylation sites (tertiary alicyclic amines) is 1. The van der Waals surface area contributed by atoms with Gasteiger partial charge in [0, 0.05) is 24.7 Å². The molecule has 0 spiro atoms. The summed E-state index contributed by atoms with van der Waals surface area (Å²) in [6.07, 6.45) is 5.41. The van der Waals surface area contributed by atoms with E-state index in [4.69, 9.17) is 0 Å². The standard InChI is InChI=1S/C27H27F2N5O/c1-26(2)18-10-11-27(26,16-6-5-13-34(15-16)25(35)21-9-4-12-30-31-21)24-17(18)14-22(32-33-24)23-19(28)7-3-8-20(23)29/h3-4,7-9,12,14,16,18H,5-6,10-11,13,15H2,1-2H3/t16-,18-,27-/m0/s1. The Bertz CT molecular complexity index is 1290. The van der Waals surface area contributed by atoms with Gasteiger partial charge in [0.05, 0.1) is 17.0 Å². The molecule has 0 radical (unpaired) electrons. The number of carbonyl (C=O) groups excluding carboxylic acids is 1. The monoisotopic (exact) mass is 475 g/mol. The van der Waals surface area contributed by atoms with Crippen LogP contribution in [-0.4, -0.2) is 44.3 Å². The molecular weight excluding hydrogens is 448 g/mol. The van der Waals surface area contributed by atoms with Crippen LogP contribution in [0.2, 0.25) is 0 Å². The number of carbonyl (C=O) groups is 1. The van der Waals surface area contributed by atoms with E-state index < -0.39 is 11.6 Å². The lowest BCUT2D eigenvalue weighted by atomic mass is 9.59. The number of halogens is 2. The molecule has 3 aliphatic rings. The fraction of sp³-hybridized carbons (Fsp3) is 0.444. The van der Waals surface area contributed by atoms with Gasteiger partial charge in [0.2, 0.25) is 0 Å². The molecule has 1 aromatic carbocycles. The summed E-state index contributed by atoms with van der Waals surface area (Å²) in [7, 11) is 0. The van der Waals surface area contributed by atoms with E-state index in [9.17, 15) is 13.6 Å². The summed E-state index contributed by atoms with van der Waals surface area (Å²) >= 11 is 0. The van der Waals surface area contributed by atoms with Crippen LogP contribution in [0, 0.1) is 23.0 Å². The molecule has 0 N–H and O–H groups in total. The average molecular weight is 476 g/mol. The lowest BCUT2D eigenvalue weighted by molar-refractivity contribution is 0.0418. The van der Waals surface area contributed by atoms with Gasteiger partial charge in [0.15, 0.2) is 5.69 Å². The molecule has 2 bridgehead atoms. The summed E-state index contributed by atoms with van der Waals surface area (Å²) in [6.45, 7) is 5.87. The van der Waals surface area contributed by atoms with Gasteiger partial charge in [-0.05, 0) is 78.8 Å². The Hall–Kier alpha value is -3.29. The minimum Gasteiger partial charge on any atom is -0.337 e. The van der Waals surface area contributed by atoms with Crippen LogP contribution in [-0.2, 0) is 5.41 Å². The van der Waals surface area contributed by atoms with Gasteiger partial charge in [0.25, 0.3) is 5.91 Å². The first-order valence-corrected chi connectivity index (χ1v) is 12.2. The Labute approximate surface area is 202 Å². The molecule has 2 aliphatic carbocycles. The average Bonchev–Trinajstić information content (AvgIpc) is 3.25. The number of rotatable bonds is 3. The van der Waals surface area contributed by atoms with Crippen LogP contribution in [0.25, 0.3) is 11.3 Å². The number of hydrogen-bond acceptors (Lipinski definition) is 5. The highest BCUT2D eigenvalue weighted by Crippen LogP contribution is 2.70. The van der Waals surface area contributed by atoms with Crippen molar-refractivity contribution in [2.24, 2.45) is 11.3 Å². The van der Waals surface area contributed by atoms with Gasteiger partial charge in [0.1, 0.15) is 11.6 Å². The smallest absolute Gasteiger partial charge is 0.274 e. The molecule has 0 unspecified atom stereocenters. The molecule has 2 aromatic heterocycles. The fourth-order valence-electron chi connectivity index (χ4n) is 7.28. The molecule has 35 heavy (non-hydrogen) atoms. The lowest BCUT2D eigenvalue weighted by Gasteiger charge is -2.48. The maximum absolute atomic E-state index is 14.5. The quantitative estimate of drug-likeness (QED) is 0.538. The third-order valence-corrected chi connectivity index (χ3v) is 8.89. The minimum absolute atomic E-state index is 0.0961. The highest BCUT2D eigenvalue weighted by atomic mass is 19.1. The van der Waals surface area contributed by atoms with Gasteiger partial charge in [-0.2, -0.15) is 15.3 Å². The van der Waals surface area contributed by atoms with Crippen LogP contribution >= 0.6 is 0 Å². The zero-order valence-electron chi connectivity index (χ0n) is 19.8. The second kappa shape index (κ2) is 7.86.